The predicted octanol–water partition coefficient (Wildman–Crippen LogP) is 2.55. The van der Waals surface area contributed by atoms with Crippen LogP contribution in [0.25, 0.3) is 11.2 Å². The molecule has 2 aliphatic heterocycles. The first-order valence-corrected chi connectivity index (χ1v) is 10.9. The topological polar surface area (TPSA) is 123 Å². The summed E-state index contributed by atoms with van der Waals surface area (Å²) in [5.74, 6) is 0.160. The fourth-order valence-electron chi connectivity index (χ4n) is 4.06. The summed E-state index contributed by atoms with van der Waals surface area (Å²) in [6.45, 7) is 3.22. The number of fused-ring (bicyclic) bond motifs is 2. The van der Waals surface area contributed by atoms with E-state index in [0.29, 0.717) is 41.6 Å². The minimum Gasteiger partial charge on any atom is -0.477 e. The Bertz CT molecular complexity index is 1280. The zero-order valence-corrected chi connectivity index (χ0v) is 18.0. The molecule has 2 aliphatic rings. The van der Waals surface area contributed by atoms with E-state index in [4.69, 9.17) is 4.74 Å². The highest BCUT2D eigenvalue weighted by Crippen LogP contribution is 2.35. The molecule has 0 spiro atoms. The summed E-state index contributed by atoms with van der Waals surface area (Å²) in [5, 5.41) is 15.7. The van der Waals surface area contributed by atoms with Crippen LogP contribution in [0.15, 0.2) is 28.5 Å². The lowest BCUT2D eigenvalue weighted by molar-refractivity contribution is 0.0693. The first kappa shape index (κ1) is 19.8. The van der Waals surface area contributed by atoms with E-state index < -0.39 is 5.97 Å². The second kappa shape index (κ2) is 7.50. The Balaban J connectivity index is 1.48. The average Bonchev–Trinajstić information content (AvgIpc) is 3.27. The van der Waals surface area contributed by atoms with Crippen LogP contribution in [0.5, 0.6) is 0 Å². The number of allylic oxidation sites excluding steroid dienone is 1. The maximum absolute atomic E-state index is 12.9. The zero-order chi connectivity index (χ0) is 21.7. The first-order chi connectivity index (χ1) is 14.9. The van der Waals surface area contributed by atoms with Crippen LogP contribution in [-0.4, -0.2) is 43.4 Å². The number of aromatic nitrogens is 4. The van der Waals surface area contributed by atoms with Crippen molar-refractivity contribution in [2.24, 2.45) is 7.05 Å². The van der Waals surface area contributed by atoms with Crippen LogP contribution in [0.1, 0.15) is 40.4 Å². The Hall–Kier alpha value is -3.18. The van der Waals surface area contributed by atoms with Crippen molar-refractivity contribution in [3.05, 3.63) is 43.9 Å². The molecule has 11 heteroatoms. The van der Waals surface area contributed by atoms with Gasteiger partial charge in [0.2, 0.25) is 5.95 Å². The molecule has 0 aromatic carbocycles. The number of aryl methyl sites for hydroxylation is 1. The third-order valence-corrected chi connectivity index (χ3v) is 6.88. The molecule has 31 heavy (non-hydrogen) atoms. The number of aromatic carboxylic acids is 1. The zero-order valence-electron chi connectivity index (χ0n) is 17.1. The van der Waals surface area contributed by atoms with Crippen LogP contribution in [0.2, 0.25) is 0 Å². The van der Waals surface area contributed by atoms with Crippen molar-refractivity contribution in [1.29, 1.82) is 0 Å². The molecule has 3 aromatic rings. The lowest BCUT2D eigenvalue weighted by Crippen LogP contribution is -2.30. The van der Waals surface area contributed by atoms with Crippen LogP contribution in [0.4, 0.5) is 11.6 Å². The van der Waals surface area contributed by atoms with Gasteiger partial charge in [-0.05, 0) is 31.4 Å². The van der Waals surface area contributed by atoms with E-state index in [9.17, 15) is 14.7 Å². The summed E-state index contributed by atoms with van der Waals surface area (Å²) < 4.78 is 8.76. The van der Waals surface area contributed by atoms with E-state index in [1.54, 1.807) is 28.4 Å². The van der Waals surface area contributed by atoms with Crippen LogP contribution in [-0.2, 0) is 18.2 Å². The number of carbonyl (C=O) groups is 1. The van der Waals surface area contributed by atoms with Crippen LogP contribution >= 0.6 is 11.3 Å². The van der Waals surface area contributed by atoms with Crippen molar-refractivity contribution in [1.82, 2.24) is 19.1 Å². The molecule has 3 aromatic heterocycles. The number of thiophene rings is 1. The van der Waals surface area contributed by atoms with Gasteiger partial charge in [0.05, 0.1) is 11.9 Å². The van der Waals surface area contributed by atoms with Crippen molar-refractivity contribution in [3.8, 4) is 0 Å². The van der Waals surface area contributed by atoms with Gasteiger partial charge in [-0.2, -0.15) is 4.98 Å². The van der Waals surface area contributed by atoms with Crippen LogP contribution in [0.3, 0.4) is 0 Å². The highest BCUT2D eigenvalue weighted by Gasteiger charge is 2.24. The summed E-state index contributed by atoms with van der Waals surface area (Å²) in [5.41, 5.74) is 2.95. The number of hydrogen-bond donors (Lipinski definition) is 3. The molecule has 1 saturated heterocycles. The quantitative estimate of drug-likeness (QED) is 0.563. The summed E-state index contributed by atoms with van der Waals surface area (Å²) >= 11 is 1.27. The Morgan fingerprint density at radius 2 is 2.16 bits per heavy atom. The van der Waals surface area contributed by atoms with Gasteiger partial charge in [-0.3, -0.25) is 9.13 Å². The van der Waals surface area contributed by atoms with Crippen molar-refractivity contribution in [2.45, 2.75) is 32.2 Å². The lowest BCUT2D eigenvalue weighted by atomic mass is 10.1. The molecule has 0 bridgehead atoms. The smallest absolute Gasteiger partial charge is 0.345 e. The minimum absolute atomic E-state index is 0.0456. The number of anilines is 2. The second-order valence-electron chi connectivity index (χ2n) is 7.79. The van der Waals surface area contributed by atoms with Crippen LogP contribution in [0, 0.1) is 0 Å². The minimum atomic E-state index is -0.933. The average molecular weight is 443 g/mol. The highest BCUT2D eigenvalue weighted by atomic mass is 32.1. The molecule has 162 valence electrons. The Morgan fingerprint density at radius 1 is 1.39 bits per heavy atom. The number of imidazole rings is 1. The number of hydrogen-bond acceptors (Lipinski definition) is 8. The molecule has 0 unspecified atom stereocenters. The molecule has 0 atom stereocenters. The van der Waals surface area contributed by atoms with Gasteiger partial charge in [0.15, 0.2) is 5.65 Å². The Morgan fingerprint density at radius 3 is 2.90 bits per heavy atom. The second-order valence-corrected chi connectivity index (χ2v) is 8.93. The lowest BCUT2D eigenvalue weighted by Gasteiger charge is -2.23. The number of ether oxygens (including phenoxy) is 1. The number of rotatable bonds is 4. The van der Waals surface area contributed by atoms with E-state index in [2.05, 4.69) is 20.6 Å². The van der Waals surface area contributed by atoms with Gasteiger partial charge in [0.1, 0.15) is 16.2 Å². The summed E-state index contributed by atoms with van der Waals surface area (Å²) in [7, 11) is 1.73. The molecule has 0 amide bonds. The fourth-order valence-corrected chi connectivity index (χ4v) is 5.10. The molecular weight excluding hydrogens is 420 g/mol. The van der Waals surface area contributed by atoms with E-state index in [-0.39, 0.29) is 11.7 Å². The SMILES string of the molecule is CC1=C(Nc2ncc3c(n2)n(C2CCOCC2)c(=O)n3C)Nc2cc(C(=O)O)sc2C1. The number of nitrogens with one attached hydrogen (secondary N) is 2. The molecular formula is C20H22N6O4S. The van der Waals surface area contributed by atoms with Gasteiger partial charge in [0.25, 0.3) is 0 Å². The van der Waals surface area contributed by atoms with E-state index in [1.165, 1.54) is 11.3 Å². The standard InChI is InChI=1S/C20H22N6O4S/c1-10-7-14-12(8-15(31-14)18(27)28)22-16(10)23-19-21-9-13-17(24-19)26(20(29)25(13)2)11-3-5-30-6-4-11/h8-9,11,22H,3-7H2,1-2H3,(H,27,28)(H,21,23,24). The highest BCUT2D eigenvalue weighted by molar-refractivity contribution is 7.14. The monoisotopic (exact) mass is 442 g/mol. The number of carboxylic acid groups (broad SMARTS) is 1. The van der Waals surface area contributed by atoms with Gasteiger partial charge in [-0.15, -0.1) is 11.3 Å². The van der Waals surface area contributed by atoms with Crippen molar-refractivity contribution in [3.63, 3.8) is 0 Å². The van der Waals surface area contributed by atoms with E-state index in [0.717, 1.165) is 34.8 Å². The third-order valence-electron chi connectivity index (χ3n) is 5.76. The first-order valence-electron chi connectivity index (χ1n) is 10.0. The normalized spacial score (nSPS) is 17.0. The summed E-state index contributed by atoms with van der Waals surface area (Å²) in [6.07, 6.45) is 3.83. The van der Waals surface area contributed by atoms with Crippen LogP contribution < -0.4 is 16.3 Å². The van der Waals surface area contributed by atoms with Crippen molar-refractivity contribution in [2.75, 3.05) is 23.8 Å². The fraction of sp³-hybridized carbons (Fsp3) is 0.400. The van der Waals surface area contributed by atoms with Gasteiger partial charge >= 0.3 is 11.7 Å². The molecule has 5 rings (SSSR count). The number of carboxylic acids is 1. The van der Waals surface area contributed by atoms with Gasteiger partial charge < -0.3 is 20.5 Å². The molecule has 0 radical (unpaired) electrons. The largest absolute Gasteiger partial charge is 0.477 e. The third kappa shape index (κ3) is 3.39. The maximum Gasteiger partial charge on any atom is 0.345 e. The predicted molar refractivity (Wildman–Crippen MR) is 117 cm³/mol. The molecule has 0 saturated carbocycles. The summed E-state index contributed by atoms with van der Waals surface area (Å²) in [4.78, 5) is 34.5. The van der Waals surface area contributed by atoms with Crippen molar-refractivity contribution < 1.29 is 14.6 Å². The van der Waals surface area contributed by atoms with E-state index >= 15 is 0 Å². The molecule has 5 heterocycles. The molecule has 0 aliphatic carbocycles. The van der Waals surface area contributed by atoms with Gasteiger partial charge in [-0.1, -0.05) is 0 Å². The van der Waals surface area contributed by atoms with Gasteiger partial charge in [-0.25, -0.2) is 14.6 Å². The van der Waals surface area contributed by atoms with Gasteiger partial charge in [0, 0.05) is 37.6 Å². The summed E-state index contributed by atoms with van der Waals surface area (Å²) in [6, 6.07) is 1.69. The molecule has 1 fully saturated rings. The number of nitrogens with zero attached hydrogens (tertiary/aromatic N) is 4. The molecule has 3 N–H and O–H groups in total. The Kier molecular flexibility index (Phi) is 4.78. The van der Waals surface area contributed by atoms with E-state index in [1.807, 2.05) is 6.92 Å². The van der Waals surface area contributed by atoms with Crippen molar-refractivity contribution >= 4 is 40.1 Å². The maximum atomic E-state index is 12.9. The molecule has 10 nitrogen and oxygen atoms in total. The Labute approximate surface area is 181 Å².